The van der Waals surface area contributed by atoms with E-state index in [1.54, 1.807) is 17.4 Å². The Kier molecular flexibility index (Phi) is 3.80. The van der Waals surface area contributed by atoms with E-state index in [9.17, 15) is 4.79 Å². The van der Waals surface area contributed by atoms with Crippen molar-refractivity contribution in [1.82, 2.24) is 4.98 Å². The van der Waals surface area contributed by atoms with E-state index < -0.39 is 0 Å². The summed E-state index contributed by atoms with van der Waals surface area (Å²) in [6.45, 7) is 3.12. The summed E-state index contributed by atoms with van der Waals surface area (Å²) < 4.78 is 10.6. The highest BCUT2D eigenvalue weighted by Crippen LogP contribution is 2.23. The first-order valence-electron chi connectivity index (χ1n) is 6.53. The van der Waals surface area contributed by atoms with Crippen molar-refractivity contribution in [2.45, 2.75) is 19.4 Å². The van der Waals surface area contributed by atoms with E-state index in [2.05, 4.69) is 4.98 Å². The number of ether oxygens (including phenoxy) is 2. The van der Waals surface area contributed by atoms with Crippen LogP contribution in [0.1, 0.15) is 21.8 Å². The quantitative estimate of drug-likeness (QED) is 0.815. The number of nitrogens with zero attached hydrogens (tertiary/aromatic N) is 1. The molecule has 5 heteroatoms. The summed E-state index contributed by atoms with van der Waals surface area (Å²) in [5, 5.41) is 3.00. The van der Waals surface area contributed by atoms with Gasteiger partial charge in [0.2, 0.25) is 0 Å². The fourth-order valence-corrected chi connectivity index (χ4v) is 2.75. The fraction of sp³-hybridized carbons (Fsp3) is 0.333. The summed E-state index contributed by atoms with van der Waals surface area (Å²) in [7, 11) is 0. The van der Waals surface area contributed by atoms with Gasteiger partial charge in [-0.2, -0.15) is 0 Å². The number of hydrogen-bond acceptors (Lipinski definition) is 5. The molecule has 104 valence electrons. The highest BCUT2D eigenvalue weighted by atomic mass is 32.1. The predicted molar refractivity (Wildman–Crippen MR) is 76.9 cm³/mol. The average molecular weight is 289 g/mol. The summed E-state index contributed by atoms with van der Waals surface area (Å²) in [6.07, 6.45) is 0.657. The maximum Gasteiger partial charge on any atom is 0.338 e. The van der Waals surface area contributed by atoms with Gasteiger partial charge in [0, 0.05) is 17.4 Å². The number of esters is 1. The molecule has 0 spiro atoms. The first-order valence-corrected chi connectivity index (χ1v) is 7.41. The van der Waals surface area contributed by atoms with Crippen molar-refractivity contribution < 1.29 is 14.3 Å². The zero-order chi connectivity index (χ0) is 13.9. The van der Waals surface area contributed by atoms with Gasteiger partial charge in [0.25, 0.3) is 0 Å². The summed E-state index contributed by atoms with van der Waals surface area (Å²) in [6, 6.07) is 7.39. The van der Waals surface area contributed by atoms with E-state index in [0.29, 0.717) is 18.8 Å². The molecular weight excluding hydrogens is 274 g/mol. The number of carbonyl (C=O) groups is 1. The molecule has 3 rings (SSSR count). The number of aryl methyl sites for hydroxylation is 1. The molecule has 1 aliphatic rings. The van der Waals surface area contributed by atoms with Crippen molar-refractivity contribution in [2.24, 2.45) is 0 Å². The molecule has 1 saturated heterocycles. The Morgan fingerprint density at radius 2 is 2.40 bits per heavy atom. The lowest BCUT2D eigenvalue weighted by Gasteiger charge is -2.10. The van der Waals surface area contributed by atoms with Crippen LogP contribution in [0.5, 0.6) is 0 Å². The molecule has 1 atom stereocenters. The third-order valence-corrected chi connectivity index (χ3v) is 3.95. The van der Waals surface area contributed by atoms with Gasteiger partial charge in [0.15, 0.2) is 0 Å². The van der Waals surface area contributed by atoms with E-state index in [1.807, 2.05) is 30.5 Å². The van der Waals surface area contributed by atoms with Crippen LogP contribution >= 0.6 is 11.3 Å². The lowest BCUT2D eigenvalue weighted by atomic mass is 10.1. The van der Waals surface area contributed by atoms with Crippen molar-refractivity contribution in [3.63, 3.8) is 0 Å². The van der Waals surface area contributed by atoms with Gasteiger partial charge in [-0.1, -0.05) is 12.1 Å². The van der Waals surface area contributed by atoms with Gasteiger partial charge in [-0.3, -0.25) is 0 Å². The molecular formula is C15H15NO3S. The van der Waals surface area contributed by atoms with Crippen LogP contribution in [0.15, 0.2) is 29.6 Å². The van der Waals surface area contributed by atoms with Crippen LogP contribution in [0.4, 0.5) is 0 Å². The van der Waals surface area contributed by atoms with E-state index in [-0.39, 0.29) is 12.1 Å². The second-order valence-corrected chi connectivity index (χ2v) is 5.79. The molecule has 0 amide bonds. The first kappa shape index (κ1) is 13.3. The van der Waals surface area contributed by atoms with Crippen LogP contribution in [-0.2, 0) is 9.47 Å². The molecule has 20 heavy (non-hydrogen) atoms. The number of hydrogen-bond donors (Lipinski definition) is 0. The summed E-state index contributed by atoms with van der Waals surface area (Å²) in [5.41, 5.74) is 2.39. The normalized spacial score (nSPS) is 18.1. The Balaban J connectivity index is 1.78. The number of aromatic nitrogens is 1. The molecule has 0 radical (unpaired) electrons. The maximum absolute atomic E-state index is 12.1. The fourth-order valence-electron chi connectivity index (χ4n) is 2.13. The van der Waals surface area contributed by atoms with Gasteiger partial charge in [-0.25, -0.2) is 9.78 Å². The lowest BCUT2D eigenvalue weighted by Crippen LogP contribution is -2.18. The van der Waals surface area contributed by atoms with Crippen LogP contribution < -0.4 is 0 Å². The second kappa shape index (κ2) is 5.73. The van der Waals surface area contributed by atoms with E-state index in [4.69, 9.17) is 9.47 Å². The van der Waals surface area contributed by atoms with Gasteiger partial charge < -0.3 is 9.47 Å². The predicted octanol–water partition coefficient (Wildman–Crippen LogP) is 3.06. The zero-order valence-electron chi connectivity index (χ0n) is 11.2. The standard InChI is InChI=1S/C15H15NO3S/c1-10-16-14(9-20-10)11-3-2-4-12(7-11)15(17)19-13-5-6-18-8-13/h2-4,7,9,13H,5-6,8H2,1H3. The third kappa shape index (κ3) is 2.89. The van der Waals surface area contributed by atoms with Gasteiger partial charge in [0.1, 0.15) is 6.10 Å². The Morgan fingerprint density at radius 3 is 3.10 bits per heavy atom. The number of carbonyl (C=O) groups excluding carboxylic acids is 1. The largest absolute Gasteiger partial charge is 0.456 e. The zero-order valence-corrected chi connectivity index (χ0v) is 12.0. The minimum absolute atomic E-state index is 0.118. The maximum atomic E-state index is 12.1. The van der Waals surface area contributed by atoms with Gasteiger partial charge in [-0.15, -0.1) is 11.3 Å². The Bertz CT molecular complexity index is 617. The summed E-state index contributed by atoms with van der Waals surface area (Å²) in [4.78, 5) is 16.5. The molecule has 1 aromatic heterocycles. The molecule has 1 aromatic carbocycles. The highest BCUT2D eigenvalue weighted by Gasteiger charge is 2.21. The van der Waals surface area contributed by atoms with Crippen molar-refractivity contribution in [3.05, 3.63) is 40.2 Å². The number of thiazole rings is 1. The SMILES string of the molecule is Cc1nc(-c2cccc(C(=O)OC3CCOC3)c2)cs1. The summed E-state index contributed by atoms with van der Waals surface area (Å²) >= 11 is 1.60. The van der Waals surface area contributed by atoms with Crippen LogP contribution in [-0.4, -0.2) is 30.3 Å². The Morgan fingerprint density at radius 1 is 1.50 bits per heavy atom. The van der Waals surface area contributed by atoms with Crippen molar-refractivity contribution in [2.75, 3.05) is 13.2 Å². The topological polar surface area (TPSA) is 48.4 Å². The minimum atomic E-state index is -0.297. The Hall–Kier alpha value is -1.72. The molecule has 0 bridgehead atoms. The average Bonchev–Trinajstić information content (AvgIpc) is 3.10. The van der Waals surface area contributed by atoms with Gasteiger partial charge in [0.05, 0.1) is 29.5 Å². The van der Waals surface area contributed by atoms with Crippen molar-refractivity contribution in [3.8, 4) is 11.3 Å². The van der Waals surface area contributed by atoms with E-state index >= 15 is 0 Å². The van der Waals surface area contributed by atoms with Crippen molar-refractivity contribution >= 4 is 17.3 Å². The number of benzene rings is 1. The smallest absolute Gasteiger partial charge is 0.338 e. The Labute approximate surface area is 121 Å². The van der Waals surface area contributed by atoms with Crippen LogP contribution in [0.25, 0.3) is 11.3 Å². The van der Waals surface area contributed by atoms with Gasteiger partial charge >= 0.3 is 5.97 Å². The highest BCUT2D eigenvalue weighted by molar-refractivity contribution is 7.09. The third-order valence-electron chi connectivity index (χ3n) is 3.17. The van der Waals surface area contributed by atoms with Crippen LogP contribution in [0.3, 0.4) is 0 Å². The second-order valence-electron chi connectivity index (χ2n) is 4.72. The lowest BCUT2D eigenvalue weighted by molar-refractivity contribution is 0.0271. The molecule has 0 N–H and O–H groups in total. The molecule has 2 aromatic rings. The molecule has 4 nitrogen and oxygen atoms in total. The van der Waals surface area contributed by atoms with E-state index in [0.717, 1.165) is 22.7 Å². The van der Waals surface area contributed by atoms with Gasteiger partial charge in [-0.05, 0) is 19.1 Å². The molecule has 1 fully saturated rings. The molecule has 0 saturated carbocycles. The molecule has 0 aliphatic carbocycles. The van der Waals surface area contributed by atoms with Crippen molar-refractivity contribution in [1.29, 1.82) is 0 Å². The minimum Gasteiger partial charge on any atom is -0.456 e. The monoisotopic (exact) mass is 289 g/mol. The van der Waals surface area contributed by atoms with Crippen LogP contribution in [0.2, 0.25) is 0 Å². The molecule has 1 aliphatic heterocycles. The molecule has 2 heterocycles. The first-order chi connectivity index (χ1) is 9.72. The van der Waals surface area contributed by atoms with Crippen LogP contribution in [0, 0.1) is 6.92 Å². The molecule has 1 unspecified atom stereocenters. The summed E-state index contributed by atoms with van der Waals surface area (Å²) in [5.74, 6) is -0.297. The number of rotatable bonds is 3. The van der Waals surface area contributed by atoms with E-state index in [1.165, 1.54) is 0 Å².